The molecule has 1 N–H and O–H groups in total. The van der Waals surface area contributed by atoms with Crippen molar-refractivity contribution in [2.24, 2.45) is 0 Å². The lowest BCUT2D eigenvalue weighted by molar-refractivity contribution is -0.122. The Morgan fingerprint density at radius 1 is 1.52 bits per heavy atom. The average molecular weight is 292 g/mol. The molecule has 1 amide bonds. The van der Waals surface area contributed by atoms with Crippen molar-refractivity contribution < 1.29 is 4.79 Å². The Labute approximate surface area is 127 Å². The third-order valence-electron chi connectivity index (χ3n) is 4.34. The van der Waals surface area contributed by atoms with Gasteiger partial charge in [0.05, 0.1) is 0 Å². The Morgan fingerprint density at radius 2 is 2.33 bits per heavy atom. The van der Waals surface area contributed by atoms with E-state index in [2.05, 4.69) is 40.5 Å². The fourth-order valence-corrected chi connectivity index (χ4v) is 3.13. The zero-order chi connectivity index (χ0) is 15.2. The van der Waals surface area contributed by atoms with Crippen LogP contribution in [-0.4, -0.2) is 46.0 Å². The van der Waals surface area contributed by atoms with Crippen LogP contribution in [0.1, 0.15) is 51.9 Å². The molecule has 5 nitrogen and oxygen atoms in total. The molecule has 2 atom stereocenters. The zero-order valence-electron chi connectivity index (χ0n) is 13.5. The van der Waals surface area contributed by atoms with Gasteiger partial charge >= 0.3 is 0 Å². The second-order valence-corrected chi connectivity index (χ2v) is 5.96. The first-order valence-corrected chi connectivity index (χ1v) is 8.17. The lowest BCUT2D eigenvalue weighted by Gasteiger charge is -2.32. The number of imidazole rings is 1. The fraction of sp³-hybridized carbons (Fsp3) is 0.750. The van der Waals surface area contributed by atoms with E-state index in [1.165, 1.54) is 6.42 Å². The van der Waals surface area contributed by atoms with E-state index < -0.39 is 0 Å². The summed E-state index contributed by atoms with van der Waals surface area (Å²) in [6.45, 7) is 9.57. The van der Waals surface area contributed by atoms with Gasteiger partial charge in [-0.05, 0) is 32.9 Å². The Morgan fingerprint density at radius 3 is 3.05 bits per heavy atom. The van der Waals surface area contributed by atoms with E-state index >= 15 is 0 Å². The number of piperidine rings is 1. The van der Waals surface area contributed by atoms with Gasteiger partial charge in [-0.2, -0.15) is 0 Å². The Hall–Kier alpha value is -1.36. The number of carbonyl (C=O) groups excluding carboxylic acids is 1. The van der Waals surface area contributed by atoms with Crippen molar-refractivity contribution in [3.8, 4) is 0 Å². The van der Waals surface area contributed by atoms with Crippen molar-refractivity contribution >= 4 is 5.91 Å². The largest absolute Gasteiger partial charge is 0.352 e. The summed E-state index contributed by atoms with van der Waals surface area (Å²) in [6, 6.07) is 0.472. The quantitative estimate of drug-likeness (QED) is 0.872. The van der Waals surface area contributed by atoms with Crippen LogP contribution >= 0.6 is 0 Å². The summed E-state index contributed by atoms with van der Waals surface area (Å²) in [5.41, 5.74) is 0. The maximum atomic E-state index is 12.2. The summed E-state index contributed by atoms with van der Waals surface area (Å²) in [5.74, 6) is 1.20. The van der Waals surface area contributed by atoms with Gasteiger partial charge in [0.15, 0.2) is 0 Å². The van der Waals surface area contributed by atoms with E-state index in [1.54, 1.807) is 0 Å². The van der Waals surface area contributed by atoms with Gasteiger partial charge in [-0.25, -0.2) is 4.98 Å². The number of nitrogens with one attached hydrogen (secondary N) is 1. The monoisotopic (exact) mass is 292 g/mol. The molecular weight excluding hydrogens is 264 g/mol. The summed E-state index contributed by atoms with van der Waals surface area (Å²) < 4.78 is 2.11. The SMILES string of the molecule is CCc1nccn1C(C)CC(=O)N[C@H]1CCCN(CC)C1. The first-order valence-electron chi connectivity index (χ1n) is 8.17. The standard InChI is InChI=1S/C16H28N4O/c1-4-15-17-8-10-20(15)13(3)11-16(21)18-14-7-6-9-19(5-2)12-14/h8,10,13-14H,4-7,9,11-12H2,1-3H3,(H,18,21)/t13?,14-/m0/s1. The summed E-state index contributed by atoms with van der Waals surface area (Å²) >= 11 is 0. The predicted molar refractivity (Wildman–Crippen MR) is 84.2 cm³/mol. The van der Waals surface area contributed by atoms with Crippen LogP contribution in [0.4, 0.5) is 0 Å². The van der Waals surface area contributed by atoms with Crippen LogP contribution in [-0.2, 0) is 11.2 Å². The normalized spacial score (nSPS) is 21.2. The molecule has 0 aromatic carbocycles. The molecule has 1 aliphatic heterocycles. The van der Waals surface area contributed by atoms with Crippen molar-refractivity contribution in [2.75, 3.05) is 19.6 Å². The minimum atomic E-state index is 0.154. The van der Waals surface area contributed by atoms with Crippen LogP contribution < -0.4 is 5.32 Å². The molecule has 1 unspecified atom stereocenters. The average Bonchev–Trinajstić information content (AvgIpc) is 2.95. The van der Waals surface area contributed by atoms with Gasteiger partial charge in [-0.1, -0.05) is 13.8 Å². The van der Waals surface area contributed by atoms with Gasteiger partial charge in [-0.15, -0.1) is 0 Å². The second-order valence-electron chi connectivity index (χ2n) is 5.96. The molecule has 1 aromatic rings. The maximum absolute atomic E-state index is 12.2. The molecule has 1 aromatic heterocycles. The van der Waals surface area contributed by atoms with Crippen LogP contribution in [0.3, 0.4) is 0 Å². The number of amides is 1. The molecular formula is C16H28N4O. The number of nitrogens with zero attached hydrogens (tertiary/aromatic N) is 3. The van der Waals surface area contributed by atoms with E-state index in [9.17, 15) is 4.79 Å². The highest BCUT2D eigenvalue weighted by Crippen LogP contribution is 2.15. The summed E-state index contributed by atoms with van der Waals surface area (Å²) in [4.78, 5) is 19.0. The van der Waals surface area contributed by atoms with Gasteiger partial charge in [0.2, 0.25) is 5.91 Å². The molecule has 0 saturated carbocycles. The van der Waals surface area contributed by atoms with Gasteiger partial charge in [0.25, 0.3) is 0 Å². The highest BCUT2D eigenvalue weighted by Gasteiger charge is 2.21. The van der Waals surface area contributed by atoms with E-state index in [0.717, 1.165) is 38.3 Å². The van der Waals surface area contributed by atoms with Gasteiger partial charge in [0.1, 0.15) is 5.82 Å². The minimum absolute atomic E-state index is 0.154. The van der Waals surface area contributed by atoms with E-state index in [4.69, 9.17) is 0 Å². The Kier molecular flexibility index (Phi) is 5.79. The topological polar surface area (TPSA) is 50.2 Å². The molecule has 118 valence electrons. The van der Waals surface area contributed by atoms with Crippen molar-refractivity contribution in [3.05, 3.63) is 18.2 Å². The number of aryl methyl sites for hydroxylation is 1. The Balaban J connectivity index is 1.84. The van der Waals surface area contributed by atoms with Crippen LogP contribution in [0.15, 0.2) is 12.4 Å². The number of likely N-dealkylation sites (N-methyl/N-ethyl adjacent to an activating group) is 1. The van der Waals surface area contributed by atoms with Crippen LogP contribution in [0.2, 0.25) is 0 Å². The number of hydrogen-bond donors (Lipinski definition) is 1. The second kappa shape index (κ2) is 7.59. The highest BCUT2D eigenvalue weighted by atomic mass is 16.1. The molecule has 5 heteroatoms. The number of carbonyl (C=O) groups is 1. The van der Waals surface area contributed by atoms with Crippen molar-refractivity contribution in [1.29, 1.82) is 0 Å². The summed E-state index contributed by atoms with van der Waals surface area (Å²) in [7, 11) is 0. The molecule has 0 aliphatic carbocycles. The van der Waals surface area contributed by atoms with E-state index in [0.29, 0.717) is 12.5 Å². The molecule has 0 spiro atoms. The third-order valence-corrected chi connectivity index (χ3v) is 4.34. The first-order chi connectivity index (χ1) is 10.1. The molecule has 1 saturated heterocycles. The van der Waals surface area contributed by atoms with E-state index in [-0.39, 0.29) is 11.9 Å². The maximum Gasteiger partial charge on any atom is 0.222 e. The molecule has 0 radical (unpaired) electrons. The molecule has 1 aliphatic rings. The first kappa shape index (κ1) is 16.0. The highest BCUT2D eigenvalue weighted by molar-refractivity contribution is 5.76. The zero-order valence-corrected chi connectivity index (χ0v) is 13.5. The van der Waals surface area contributed by atoms with Crippen molar-refractivity contribution in [3.63, 3.8) is 0 Å². The third kappa shape index (κ3) is 4.30. The smallest absolute Gasteiger partial charge is 0.222 e. The lowest BCUT2D eigenvalue weighted by Crippen LogP contribution is -2.47. The van der Waals surface area contributed by atoms with Crippen LogP contribution in [0.25, 0.3) is 0 Å². The molecule has 2 heterocycles. The number of hydrogen-bond acceptors (Lipinski definition) is 3. The van der Waals surface area contributed by atoms with E-state index in [1.807, 2.05) is 12.4 Å². The Bertz CT molecular complexity index is 457. The summed E-state index contributed by atoms with van der Waals surface area (Å²) in [6.07, 6.45) is 7.47. The minimum Gasteiger partial charge on any atom is -0.352 e. The molecule has 21 heavy (non-hydrogen) atoms. The summed E-state index contributed by atoms with van der Waals surface area (Å²) in [5, 5.41) is 3.20. The number of rotatable bonds is 6. The van der Waals surface area contributed by atoms with Crippen molar-refractivity contribution in [1.82, 2.24) is 19.8 Å². The van der Waals surface area contributed by atoms with Gasteiger partial charge in [-0.3, -0.25) is 4.79 Å². The predicted octanol–water partition coefficient (Wildman–Crippen LogP) is 2.00. The molecule has 0 bridgehead atoms. The fourth-order valence-electron chi connectivity index (χ4n) is 3.13. The van der Waals surface area contributed by atoms with Crippen LogP contribution in [0.5, 0.6) is 0 Å². The van der Waals surface area contributed by atoms with Crippen molar-refractivity contribution in [2.45, 2.75) is 58.5 Å². The number of likely N-dealkylation sites (tertiary alicyclic amines) is 1. The molecule has 1 fully saturated rings. The van der Waals surface area contributed by atoms with Gasteiger partial charge < -0.3 is 14.8 Å². The van der Waals surface area contributed by atoms with Crippen LogP contribution in [0, 0.1) is 0 Å². The number of aromatic nitrogens is 2. The lowest BCUT2D eigenvalue weighted by atomic mass is 10.1. The van der Waals surface area contributed by atoms with Gasteiger partial charge in [0, 0.05) is 43.9 Å². The molecule has 2 rings (SSSR count).